The van der Waals surface area contributed by atoms with E-state index in [4.69, 9.17) is 18.9 Å². The van der Waals surface area contributed by atoms with E-state index < -0.39 is 41.0 Å². The van der Waals surface area contributed by atoms with Crippen LogP contribution in [-0.4, -0.2) is 64.9 Å². The highest BCUT2D eigenvalue weighted by Crippen LogP contribution is 2.77. The first kappa shape index (κ1) is 35.7. The van der Waals surface area contributed by atoms with Crippen molar-refractivity contribution in [3.05, 3.63) is 108 Å². The van der Waals surface area contributed by atoms with E-state index in [1.807, 2.05) is 91.0 Å². The minimum Gasteiger partial charge on any atom is -0.383 e. The predicted octanol–water partition coefficient (Wildman–Crippen LogP) is 6.26. The van der Waals surface area contributed by atoms with Crippen LogP contribution in [0.4, 0.5) is 0 Å². The standard InChI is InChI=1S/C41H53NO7/c1-31(43)42-26-16-2-3-17-27-46-37-35(47-28-32-18-8-4-9-19-32)36(48-29-33-20-10-5-11-21-33)38(49-30-34-22-12-6-13-23-34)41(45)39(40(37,41)44)24-14-7-15-25-39/h4-6,8-13,18-23,35-38,44-45H,2-3,7,14-17,24-30H2,1H3,(H,42,43). The summed E-state index contributed by atoms with van der Waals surface area (Å²) in [6, 6.07) is 29.9. The van der Waals surface area contributed by atoms with E-state index in [-0.39, 0.29) is 12.5 Å². The summed E-state index contributed by atoms with van der Waals surface area (Å²) >= 11 is 0. The Kier molecular flexibility index (Phi) is 11.9. The zero-order valence-electron chi connectivity index (χ0n) is 28.8. The lowest BCUT2D eigenvalue weighted by Gasteiger charge is -2.46. The monoisotopic (exact) mass is 671 g/mol. The molecule has 0 bridgehead atoms. The highest BCUT2D eigenvalue weighted by Gasteiger charge is 2.95. The molecule has 3 N–H and O–H groups in total. The maximum atomic E-state index is 13.0. The van der Waals surface area contributed by atoms with Gasteiger partial charge < -0.3 is 34.5 Å². The molecule has 6 unspecified atom stereocenters. The van der Waals surface area contributed by atoms with Gasteiger partial charge in [0.2, 0.25) is 5.91 Å². The minimum atomic E-state index is -1.58. The number of hydrogen-bond donors (Lipinski definition) is 3. The lowest BCUT2D eigenvalue weighted by atomic mass is 9.81. The summed E-state index contributed by atoms with van der Waals surface area (Å²) in [5.41, 5.74) is -0.956. The predicted molar refractivity (Wildman–Crippen MR) is 187 cm³/mol. The third kappa shape index (κ3) is 7.36. The second kappa shape index (κ2) is 16.3. The SMILES string of the molecule is CC(=O)NCCCCCCOC1C(OCc2ccccc2)C(OCc2ccccc2)C(OCc2ccccc2)C2(O)C3(CCCCC3)C12O. The summed E-state index contributed by atoms with van der Waals surface area (Å²) in [5, 5.41) is 28.8. The maximum absolute atomic E-state index is 13.0. The van der Waals surface area contributed by atoms with Crippen molar-refractivity contribution in [2.24, 2.45) is 5.41 Å². The zero-order valence-corrected chi connectivity index (χ0v) is 28.8. The van der Waals surface area contributed by atoms with Crippen molar-refractivity contribution in [3.8, 4) is 0 Å². The Morgan fingerprint density at radius 2 is 1.08 bits per heavy atom. The number of hydrogen-bond acceptors (Lipinski definition) is 7. The van der Waals surface area contributed by atoms with Crippen molar-refractivity contribution in [1.29, 1.82) is 0 Å². The first-order chi connectivity index (χ1) is 23.9. The number of fused-ring (bicyclic) bond motifs is 3. The molecule has 8 heteroatoms. The number of rotatable bonds is 17. The Hall–Kier alpha value is -3.11. The smallest absolute Gasteiger partial charge is 0.216 e. The lowest BCUT2D eigenvalue weighted by Crippen LogP contribution is -2.66. The molecule has 6 rings (SSSR count). The number of aliphatic hydroxyl groups is 2. The van der Waals surface area contributed by atoms with E-state index in [0.29, 0.717) is 39.2 Å². The molecule has 0 aliphatic heterocycles. The van der Waals surface area contributed by atoms with Crippen LogP contribution in [0.3, 0.4) is 0 Å². The number of carbonyl (C=O) groups excluding carboxylic acids is 1. The van der Waals surface area contributed by atoms with Crippen molar-refractivity contribution in [2.75, 3.05) is 13.2 Å². The molecule has 0 heterocycles. The summed E-state index contributed by atoms with van der Waals surface area (Å²) in [6.45, 7) is 3.46. The van der Waals surface area contributed by atoms with Crippen LogP contribution in [0.5, 0.6) is 0 Å². The number of ether oxygens (including phenoxy) is 4. The molecule has 3 aliphatic rings. The molecule has 49 heavy (non-hydrogen) atoms. The van der Waals surface area contributed by atoms with Crippen LogP contribution in [0.15, 0.2) is 91.0 Å². The topological polar surface area (TPSA) is 106 Å². The number of carbonyl (C=O) groups is 1. The zero-order chi connectivity index (χ0) is 34.2. The van der Waals surface area contributed by atoms with Gasteiger partial charge in [-0.05, 0) is 42.4 Å². The van der Waals surface area contributed by atoms with Crippen molar-refractivity contribution in [3.63, 3.8) is 0 Å². The molecule has 0 saturated heterocycles. The van der Waals surface area contributed by atoms with Crippen molar-refractivity contribution in [1.82, 2.24) is 5.32 Å². The average molecular weight is 672 g/mol. The largest absolute Gasteiger partial charge is 0.383 e. The van der Waals surface area contributed by atoms with Crippen molar-refractivity contribution >= 4 is 5.91 Å². The third-order valence-corrected chi connectivity index (χ3v) is 11.0. The van der Waals surface area contributed by atoms with Crippen LogP contribution in [0, 0.1) is 5.41 Å². The molecule has 3 aliphatic carbocycles. The van der Waals surface area contributed by atoms with E-state index in [1.54, 1.807) is 0 Å². The van der Waals surface area contributed by atoms with Gasteiger partial charge in [0, 0.05) is 25.5 Å². The molecule has 1 amide bonds. The van der Waals surface area contributed by atoms with Gasteiger partial charge in [-0.2, -0.15) is 0 Å². The molecule has 0 aromatic heterocycles. The van der Waals surface area contributed by atoms with Gasteiger partial charge in [-0.25, -0.2) is 0 Å². The molecule has 0 radical (unpaired) electrons. The van der Waals surface area contributed by atoms with E-state index >= 15 is 0 Å². The van der Waals surface area contributed by atoms with Crippen LogP contribution in [0.25, 0.3) is 0 Å². The summed E-state index contributed by atoms with van der Waals surface area (Å²) in [7, 11) is 0. The van der Waals surface area contributed by atoms with E-state index in [1.165, 1.54) is 6.92 Å². The molecule has 3 aromatic carbocycles. The fourth-order valence-corrected chi connectivity index (χ4v) is 8.57. The minimum absolute atomic E-state index is 0.0147. The number of nitrogens with one attached hydrogen (secondary N) is 1. The molecule has 8 nitrogen and oxygen atoms in total. The van der Waals surface area contributed by atoms with Gasteiger partial charge in [-0.3, -0.25) is 4.79 Å². The fourth-order valence-electron chi connectivity index (χ4n) is 8.57. The summed E-state index contributed by atoms with van der Waals surface area (Å²) in [4.78, 5) is 11.2. The molecular formula is C41H53NO7. The molecule has 3 aromatic rings. The molecule has 3 fully saturated rings. The summed E-state index contributed by atoms with van der Waals surface area (Å²) in [5.74, 6) is -0.0147. The van der Waals surface area contributed by atoms with Crippen LogP contribution in [0.1, 0.15) is 81.4 Å². The Morgan fingerprint density at radius 1 is 0.633 bits per heavy atom. The second-order valence-corrected chi connectivity index (χ2v) is 14.1. The third-order valence-electron chi connectivity index (χ3n) is 11.0. The highest BCUT2D eigenvalue weighted by atomic mass is 16.6. The first-order valence-corrected chi connectivity index (χ1v) is 18.2. The molecule has 264 valence electrons. The second-order valence-electron chi connectivity index (χ2n) is 14.1. The number of benzene rings is 3. The van der Waals surface area contributed by atoms with E-state index in [9.17, 15) is 15.0 Å². The number of unbranched alkanes of at least 4 members (excludes halogenated alkanes) is 3. The van der Waals surface area contributed by atoms with Gasteiger partial charge in [-0.1, -0.05) is 123 Å². The van der Waals surface area contributed by atoms with E-state index in [2.05, 4.69) is 5.32 Å². The van der Waals surface area contributed by atoms with Crippen LogP contribution >= 0.6 is 0 Å². The molecule has 3 saturated carbocycles. The Bertz CT molecular complexity index is 1450. The van der Waals surface area contributed by atoms with Crippen LogP contribution < -0.4 is 5.32 Å². The molecule has 6 atom stereocenters. The first-order valence-electron chi connectivity index (χ1n) is 18.2. The van der Waals surface area contributed by atoms with Crippen LogP contribution in [-0.2, 0) is 43.6 Å². The lowest BCUT2D eigenvalue weighted by molar-refractivity contribution is -0.272. The normalized spacial score (nSPS) is 28.6. The summed E-state index contributed by atoms with van der Waals surface area (Å²) < 4.78 is 27.1. The molecule has 1 spiro atoms. The maximum Gasteiger partial charge on any atom is 0.216 e. The van der Waals surface area contributed by atoms with Gasteiger partial charge >= 0.3 is 0 Å². The number of amides is 1. The molecular weight excluding hydrogens is 618 g/mol. The Balaban J connectivity index is 1.31. The Morgan fingerprint density at radius 3 is 1.57 bits per heavy atom. The van der Waals surface area contributed by atoms with Gasteiger partial charge in [0.05, 0.1) is 19.8 Å². The van der Waals surface area contributed by atoms with Crippen molar-refractivity contribution < 1.29 is 34.0 Å². The summed E-state index contributed by atoms with van der Waals surface area (Å²) in [6.07, 6.45) is 4.73. The van der Waals surface area contributed by atoms with Gasteiger partial charge in [-0.15, -0.1) is 0 Å². The average Bonchev–Trinajstić information content (AvgIpc) is 3.54. The van der Waals surface area contributed by atoms with E-state index in [0.717, 1.165) is 61.6 Å². The van der Waals surface area contributed by atoms with Crippen molar-refractivity contribution in [2.45, 2.75) is 120 Å². The highest BCUT2D eigenvalue weighted by molar-refractivity contribution is 5.72. The van der Waals surface area contributed by atoms with Crippen LogP contribution in [0.2, 0.25) is 0 Å². The van der Waals surface area contributed by atoms with Gasteiger partial charge in [0.1, 0.15) is 35.6 Å². The fraction of sp³-hybridized carbons (Fsp3) is 0.537. The quantitative estimate of drug-likeness (QED) is 0.146. The van der Waals surface area contributed by atoms with Gasteiger partial charge in [0.15, 0.2) is 0 Å². The Labute approximate surface area is 291 Å². The van der Waals surface area contributed by atoms with Gasteiger partial charge in [0.25, 0.3) is 0 Å².